The van der Waals surface area contributed by atoms with Crippen molar-refractivity contribution in [3.63, 3.8) is 0 Å². The molecule has 0 bridgehead atoms. The minimum absolute atomic E-state index is 0.333. The SMILES string of the molecule is CCCCCCCCCC(OC(=O)c1ccc2c(c1)-c1ccccc1/C2=N\N(c1ccccc1)c1cc(C)n(-c2ccccc2)n1)OC(=O)c1ccc2c(c1)-c1ccccc1/C2=N\N(c1ccccc1)c1cc(C)n(-c2ccccc2)n1. The first-order chi connectivity index (χ1) is 40.3. The number of unbranched alkanes of at least 4 members (excludes halogenated alkanes) is 6. The van der Waals surface area contributed by atoms with Crippen molar-refractivity contribution in [1.29, 1.82) is 0 Å². The Balaban J connectivity index is 0.832. The molecule has 406 valence electrons. The highest BCUT2D eigenvalue weighted by Crippen LogP contribution is 2.41. The first-order valence-corrected chi connectivity index (χ1v) is 28.3. The number of aromatic nitrogens is 4. The molecule has 12 heteroatoms. The summed E-state index contributed by atoms with van der Waals surface area (Å²) in [5, 5.41) is 24.6. The van der Waals surface area contributed by atoms with Crippen LogP contribution in [0.5, 0.6) is 0 Å². The topological polar surface area (TPSA) is 119 Å². The third kappa shape index (κ3) is 10.9. The maximum absolute atomic E-state index is 14.5. The van der Waals surface area contributed by atoms with Crippen LogP contribution in [0.25, 0.3) is 33.6 Å². The summed E-state index contributed by atoms with van der Waals surface area (Å²) >= 11 is 0. The summed E-state index contributed by atoms with van der Waals surface area (Å²) in [5.74, 6) is 0.131. The molecule has 0 aliphatic heterocycles. The number of hydrazone groups is 2. The highest BCUT2D eigenvalue weighted by atomic mass is 16.7. The van der Waals surface area contributed by atoms with Crippen LogP contribution in [0.15, 0.2) is 229 Å². The van der Waals surface area contributed by atoms with Crippen LogP contribution in [0.3, 0.4) is 0 Å². The van der Waals surface area contributed by atoms with Crippen LogP contribution in [0.4, 0.5) is 23.0 Å². The lowest BCUT2D eigenvalue weighted by molar-refractivity contribution is -0.0838. The number of nitrogens with zero attached hydrogens (tertiary/aromatic N) is 8. The van der Waals surface area contributed by atoms with E-state index < -0.39 is 18.2 Å². The second kappa shape index (κ2) is 23.8. The van der Waals surface area contributed by atoms with Gasteiger partial charge in [0.2, 0.25) is 6.29 Å². The zero-order chi connectivity index (χ0) is 55.9. The van der Waals surface area contributed by atoms with Crippen LogP contribution in [0.1, 0.15) is 113 Å². The average molecular weight is 1080 g/mol. The number of aryl methyl sites for hydroxylation is 2. The highest BCUT2D eigenvalue weighted by molar-refractivity contribution is 6.26. The van der Waals surface area contributed by atoms with Crippen molar-refractivity contribution in [2.45, 2.75) is 78.4 Å². The van der Waals surface area contributed by atoms with Gasteiger partial charge in [0.1, 0.15) is 0 Å². The maximum atomic E-state index is 14.5. The van der Waals surface area contributed by atoms with Crippen LogP contribution in [0.2, 0.25) is 0 Å². The number of carbonyl (C=O) groups is 2. The molecular formula is C70H62N8O4. The van der Waals surface area contributed by atoms with E-state index in [1.54, 1.807) is 12.1 Å². The molecular weight excluding hydrogens is 1020 g/mol. The van der Waals surface area contributed by atoms with Crippen LogP contribution in [-0.4, -0.2) is 49.2 Å². The lowest BCUT2D eigenvalue weighted by Crippen LogP contribution is -2.25. The molecule has 2 aliphatic carbocycles. The summed E-state index contributed by atoms with van der Waals surface area (Å²) < 4.78 is 16.3. The Kier molecular flexibility index (Phi) is 15.3. The van der Waals surface area contributed by atoms with E-state index in [-0.39, 0.29) is 0 Å². The second-order valence-corrected chi connectivity index (χ2v) is 20.7. The minimum Gasteiger partial charge on any atom is -0.422 e. The molecule has 8 aromatic carbocycles. The van der Waals surface area contributed by atoms with Crippen LogP contribution in [0, 0.1) is 13.8 Å². The third-order valence-corrected chi connectivity index (χ3v) is 15.1. The molecule has 0 spiro atoms. The molecule has 0 amide bonds. The van der Waals surface area contributed by atoms with Gasteiger partial charge in [0.05, 0.1) is 45.3 Å². The van der Waals surface area contributed by atoms with Gasteiger partial charge in [-0.2, -0.15) is 10.2 Å². The zero-order valence-corrected chi connectivity index (χ0v) is 46.2. The van der Waals surface area contributed by atoms with Crippen molar-refractivity contribution in [2.24, 2.45) is 10.2 Å². The number of fused-ring (bicyclic) bond motifs is 6. The maximum Gasteiger partial charge on any atom is 0.341 e. The van der Waals surface area contributed by atoms with Gasteiger partial charge in [0.25, 0.3) is 0 Å². The summed E-state index contributed by atoms with van der Waals surface area (Å²) in [6.45, 7) is 6.27. The van der Waals surface area contributed by atoms with Gasteiger partial charge in [-0.3, -0.25) is 0 Å². The number of ether oxygens (including phenoxy) is 2. The first-order valence-electron chi connectivity index (χ1n) is 28.3. The monoisotopic (exact) mass is 1080 g/mol. The Hall–Kier alpha value is -9.94. The molecule has 10 aromatic rings. The molecule has 0 N–H and O–H groups in total. The molecule has 0 atom stereocenters. The molecule has 12 rings (SSSR count). The fraction of sp³-hybridized carbons (Fsp3) is 0.171. The molecule has 82 heavy (non-hydrogen) atoms. The van der Waals surface area contributed by atoms with Crippen molar-refractivity contribution < 1.29 is 19.1 Å². The summed E-state index contributed by atoms with van der Waals surface area (Å²) in [5.41, 5.74) is 14.7. The average Bonchev–Trinajstić information content (AvgIpc) is 4.29. The first kappa shape index (κ1) is 52.7. The van der Waals surface area contributed by atoms with E-state index in [2.05, 4.69) is 19.1 Å². The summed E-state index contributed by atoms with van der Waals surface area (Å²) in [6.07, 6.45) is 6.57. The van der Waals surface area contributed by atoms with Crippen molar-refractivity contribution in [2.75, 3.05) is 10.0 Å². The number of hydrogen-bond donors (Lipinski definition) is 0. The van der Waals surface area contributed by atoms with E-state index in [4.69, 9.17) is 29.9 Å². The largest absolute Gasteiger partial charge is 0.422 e. The lowest BCUT2D eigenvalue weighted by atomic mass is 10.0. The Morgan fingerprint density at radius 1 is 0.427 bits per heavy atom. The molecule has 2 aliphatic rings. The molecule has 0 saturated carbocycles. The Morgan fingerprint density at radius 3 is 1.22 bits per heavy atom. The normalized spacial score (nSPS) is 13.0. The molecule has 0 unspecified atom stereocenters. The van der Waals surface area contributed by atoms with Crippen LogP contribution in [-0.2, 0) is 9.47 Å². The number of benzene rings is 8. The molecule has 0 radical (unpaired) electrons. The highest BCUT2D eigenvalue weighted by Gasteiger charge is 2.32. The third-order valence-electron chi connectivity index (χ3n) is 15.1. The van der Waals surface area contributed by atoms with Crippen LogP contribution < -0.4 is 10.0 Å². The predicted octanol–water partition coefficient (Wildman–Crippen LogP) is 16.3. The fourth-order valence-corrected chi connectivity index (χ4v) is 10.9. The number of rotatable bonds is 20. The van der Waals surface area contributed by atoms with Gasteiger partial charge in [-0.1, -0.05) is 179 Å². The van der Waals surface area contributed by atoms with Crippen molar-refractivity contribution in [3.8, 4) is 33.6 Å². The smallest absolute Gasteiger partial charge is 0.341 e. The molecule has 12 nitrogen and oxygen atoms in total. The summed E-state index contributed by atoms with van der Waals surface area (Å²) in [4.78, 5) is 29.0. The van der Waals surface area contributed by atoms with Gasteiger partial charge in [-0.05, 0) is 115 Å². The van der Waals surface area contributed by atoms with Crippen LogP contribution >= 0.6 is 0 Å². The van der Waals surface area contributed by atoms with Crippen molar-refractivity contribution >= 4 is 46.4 Å². The molecule has 0 fully saturated rings. The van der Waals surface area contributed by atoms with Gasteiger partial charge in [0.15, 0.2) is 11.6 Å². The van der Waals surface area contributed by atoms with E-state index in [0.717, 1.165) is 109 Å². The number of anilines is 4. The summed E-state index contributed by atoms with van der Waals surface area (Å²) in [7, 11) is 0. The molecule has 2 heterocycles. The Morgan fingerprint density at radius 2 is 0.793 bits per heavy atom. The van der Waals surface area contributed by atoms with E-state index in [1.807, 2.05) is 227 Å². The molecule has 2 aromatic heterocycles. The quantitative estimate of drug-likeness (QED) is 0.0320. The number of esters is 2. The zero-order valence-electron chi connectivity index (χ0n) is 46.2. The van der Waals surface area contributed by atoms with E-state index >= 15 is 0 Å². The Bertz CT molecular complexity index is 3730. The number of carbonyl (C=O) groups excluding carboxylic acids is 2. The van der Waals surface area contributed by atoms with Gasteiger partial charge in [-0.25, -0.2) is 29.0 Å². The number of hydrogen-bond acceptors (Lipinski definition) is 10. The fourth-order valence-electron chi connectivity index (χ4n) is 10.9. The van der Waals surface area contributed by atoms with E-state index in [1.165, 1.54) is 19.3 Å². The summed E-state index contributed by atoms with van der Waals surface area (Å²) in [6, 6.07) is 71.4. The van der Waals surface area contributed by atoms with Crippen molar-refractivity contribution in [3.05, 3.63) is 263 Å². The van der Waals surface area contributed by atoms with Gasteiger partial charge in [-0.15, -0.1) is 10.2 Å². The standard InChI is InChI=1S/C70H62N8O4/c1-4-5-6-7-8-9-22-39-66(81-69(79)50-40-42-60-62(46-50)56-35-23-25-37-58(56)67(60)73-77(54-31-18-12-19-32-54)64-44-48(2)75(71-64)52-27-14-10-15-28-52)82-70(80)51-41-43-61-63(47-51)57-36-24-26-38-59(57)68(61)74-78(55-33-20-13-21-34-55)65-45-49(3)76(72-65)53-29-16-11-17-30-53/h10-21,23-38,40-47,66H,4-9,22,39H2,1-3H3/b73-67+,74-68+. The lowest BCUT2D eigenvalue weighted by Gasteiger charge is -2.19. The van der Waals surface area contributed by atoms with E-state index in [9.17, 15) is 9.59 Å². The minimum atomic E-state index is -1.14. The number of para-hydroxylation sites is 4. The predicted molar refractivity (Wildman–Crippen MR) is 326 cm³/mol. The van der Waals surface area contributed by atoms with Gasteiger partial charge in [0, 0.05) is 52.2 Å². The molecule has 0 saturated heterocycles. The Labute approximate surface area is 478 Å². The van der Waals surface area contributed by atoms with E-state index in [0.29, 0.717) is 35.6 Å². The van der Waals surface area contributed by atoms with Crippen molar-refractivity contribution in [1.82, 2.24) is 19.6 Å². The second-order valence-electron chi connectivity index (χ2n) is 20.7. The van der Waals surface area contributed by atoms with Gasteiger partial charge >= 0.3 is 11.9 Å². The van der Waals surface area contributed by atoms with Gasteiger partial charge < -0.3 is 9.47 Å².